The van der Waals surface area contributed by atoms with Crippen molar-refractivity contribution in [2.45, 2.75) is 51.2 Å². The molecule has 1 saturated heterocycles. The molecule has 2 aromatic rings. The van der Waals surface area contributed by atoms with Gasteiger partial charge in [-0.25, -0.2) is 4.39 Å². The molecule has 0 spiro atoms. The maximum absolute atomic E-state index is 13.4. The molecule has 3 nitrogen and oxygen atoms in total. The van der Waals surface area contributed by atoms with Crippen LogP contribution in [0, 0.1) is 11.7 Å². The van der Waals surface area contributed by atoms with E-state index >= 15 is 0 Å². The van der Waals surface area contributed by atoms with Gasteiger partial charge in [-0.1, -0.05) is 24.3 Å². The molecule has 0 bridgehead atoms. The van der Waals surface area contributed by atoms with Gasteiger partial charge < -0.3 is 14.8 Å². The van der Waals surface area contributed by atoms with Crippen LogP contribution in [0.5, 0.6) is 5.75 Å². The van der Waals surface area contributed by atoms with Crippen LogP contribution in [0.3, 0.4) is 0 Å². The van der Waals surface area contributed by atoms with Gasteiger partial charge in [-0.3, -0.25) is 0 Å². The summed E-state index contributed by atoms with van der Waals surface area (Å²) in [4.78, 5) is 0. The van der Waals surface area contributed by atoms with Crippen LogP contribution in [-0.4, -0.2) is 25.9 Å². The molecule has 2 atom stereocenters. The highest BCUT2D eigenvalue weighted by Gasteiger charge is 2.33. The lowest BCUT2D eigenvalue weighted by Crippen LogP contribution is -2.36. The average molecular weight is 386 g/mol. The second kappa shape index (κ2) is 9.53. The largest absolute Gasteiger partial charge is 0.497 e. The Labute approximate surface area is 168 Å². The summed E-state index contributed by atoms with van der Waals surface area (Å²) in [5, 5.41) is 3.56. The fourth-order valence-corrected chi connectivity index (χ4v) is 4.24. The molecule has 3 rings (SSSR count). The van der Waals surface area contributed by atoms with Crippen LogP contribution >= 0.6 is 0 Å². The minimum absolute atomic E-state index is 0.0856. The van der Waals surface area contributed by atoms with Crippen LogP contribution in [0.2, 0.25) is 0 Å². The van der Waals surface area contributed by atoms with Gasteiger partial charge in [0.1, 0.15) is 11.6 Å². The van der Waals surface area contributed by atoms with Gasteiger partial charge >= 0.3 is 0 Å². The van der Waals surface area contributed by atoms with Crippen molar-refractivity contribution in [3.63, 3.8) is 0 Å². The Morgan fingerprint density at radius 2 is 1.86 bits per heavy atom. The van der Waals surface area contributed by atoms with Crippen molar-refractivity contribution in [3.05, 3.63) is 65.5 Å². The number of halogens is 1. The molecule has 1 aliphatic heterocycles. The minimum Gasteiger partial charge on any atom is -0.497 e. The summed E-state index contributed by atoms with van der Waals surface area (Å²) in [5.41, 5.74) is 2.39. The SMILES string of the molecule is COc1ccc(CNCCC(c2ccc(F)cc2)C2CCOC(C)(C)C2)cc1. The molecule has 2 unspecified atom stereocenters. The molecule has 2 aromatic carbocycles. The van der Waals surface area contributed by atoms with Crippen LogP contribution in [0.25, 0.3) is 0 Å². The Hall–Kier alpha value is -1.91. The Balaban J connectivity index is 1.61. The number of benzene rings is 2. The number of hydrogen-bond donors (Lipinski definition) is 1. The molecule has 0 aliphatic carbocycles. The molecule has 1 aliphatic rings. The molecule has 1 N–H and O–H groups in total. The maximum Gasteiger partial charge on any atom is 0.123 e. The minimum atomic E-state index is -0.174. The van der Waals surface area contributed by atoms with Gasteiger partial charge in [-0.05, 0) is 86.9 Å². The fourth-order valence-electron chi connectivity index (χ4n) is 4.24. The molecule has 0 radical (unpaired) electrons. The second-order valence-electron chi connectivity index (χ2n) is 8.33. The zero-order valence-corrected chi connectivity index (χ0v) is 17.2. The van der Waals surface area contributed by atoms with E-state index in [0.29, 0.717) is 11.8 Å². The highest BCUT2D eigenvalue weighted by molar-refractivity contribution is 5.27. The summed E-state index contributed by atoms with van der Waals surface area (Å²) in [6.07, 6.45) is 3.13. The lowest BCUT2D eigenvalue weighted by atomic mass is 9.75. The van der Waals surface area contributed by atoms with Crippen molar-refractivity contribution >= 4 is 0 Å². The van der Waals surface area contributed by atoms with Gasteiger partial charge in [0.05, 0.1) is 12.7 Å². The molecule has 4 heteroatoms. The number of ether oxygens (including phenoxy) is 2. The van der Waals surface area contributed by atoms with Gasteiger partial charge in [-0.15, -0.1) is 0 Å². The van der Waals surface area contributed by atoms with E-state index in [2.05, 4.69) is 31.3 Å². The number of rotatable bonds is 8. The van der Waals surface area contributed by atoms with Crippen LogP contribution in [0.4, 0.5) is 4.39 Å². The van der Waals surface area contributed by atoms with E-state index in [1.54, 1.807) is 19.2 Å². The lowest BCUT2D eigenvalue weighted by Gasteiger charge is -2.39. The first-order valence-corrected chi connectivity index (χ1v) is 10.2. The van der Waals surface area contributed by atoms with Crippen LogP contribution in [0.1, 0.15) is 50.2 Å². The van der Waals surface area contributed by atoms with E-state index in [-0.39, 0.29) is 11.4 Å². The van der Waals surface area contributed by atoms with Gasteiger partial charge in [0, 0.05) is 13.2 Å². The first-order chi connectivity index (χ1) is 13.5. The molecule has 1 fully saturated rings. The van der Waals surface area contributed by atoms with Crippen molar-refractivity contribution in [2.24, 2.45) is 5.92 Å². The molecular weight excluding hydrogens is 353 g/mol. The number of hydrogen-bond acceptors (Lipinski definition) is 3. The highest BCUT2D eigenvalue weighted by Crippen LogP contribution is 2.39. The smallest absolute Gasteiger partial charge is 0.123 e. The average Bonchev–Trinajstić information content (AvgIpc) is 2.69. The quantitative estimate of drug-likeness (QED) is 0.625. The molecule has 1 heterocycles. The van der Waals surface area contributed by atoms with Crippen molar-refractivity contribution in [2.75, 3.05) is 20.3 Å². The van der Waals surface area contributed by atoms with Gasteiger partial charge in [0.25, 0.3) is 0 Å². The van der Waals surface area contributed by atoms with E-state index in [4.69, 9.17) is 9.47 Å². The first-order valence-electron chi connectivity index (χ1n) is 10.2. The molecule has 28 heavy (non-hydrogen) atoms. The van der Waals surface area contributed by atoms with Crippen LogP contribution in [-0.2, 0) is 11.3 Å². The molecular formula is C24H32FNO2. The first kappa shape index (κ1) is 20.8. The number of methoxy groups -OCH3 is 1. The van der Waals surface area contributed by atoms with Gasteiger partial charge in [0.15, 0.2) is 0 Å². The Morgan fingerprint density at radius 1 is 1.14 bits per heavy atom. The summed E-state index contributed by atoms with van der Waals surface area (Å²) < 4.78 is 24.5. The Bertz CT molecular complexity index is 727. The molecule has 0 aromatic heterocycles. The predicted molar refractivity (Wildman–Crippen MR) is 111 cm³/mol. The van der Waals surface area contributed by atoms with E-state index in [1.807, 2.05) is 24.3 Å². The van der Waals surface area contributed by atoms with Crippen molar-refractivity contribution in [1.29, 1.82) is 0 Å². The van der Waals surface area contributed by atoms with E-state index in [1.165, 1.54) is 11.1 Å². The summed E-state index contributed by atoms with van der Waals surface area (Å²) in [7, 11) is 1.68. The summed E-state index contributed by atoms with van der Waals surface area (Å²) >= 11 is 0. The second-order valence-corrected chi connectivity index (χ2v) is 8.33. The van der Waals surface area contributed by atoms with Gasteiger partial charge in [0.2, 0.25) is 0 Å². The normalized spacial score (nSPS) is 19.9. The fraction of sp³-hybridized carbons (Fsp3) is 0.500. The topological polar surface area (TPSA) is 30.5 Å². The molecule has 0 saturated carbocycles. The van der Waals surface area contributed by atoms with E-state index in [0.717, 1.165) is 44.7 Å². The zero-order chi connectivity index (χ0) is 20.0. The van der Waals surface area contributed by atoms with Crippen LogP contribution < -0.4 is 10.1 Å². The molecule has 0 amide bonds. The Morgan fingerprint density at radius 3 is 2.50 bits per heavy atom. The van der Waals surface area contributed by atoms with E-state index < -0.39 is 0 Å². The maximum atomic E-state index is 13.4. The van der Waals surface area contributed by atoms with Crippen LogP contribution in [0.15, 0.2) is 48.5 Å². The monoisotopic (exact) mass is 385 g/mol. The zero-order valence-electron chi connectivity index (χ0n) is 17.2. The third-order valence-corrected chi connectivity index (χ3v) is 5.72. The lowest BCUT2D eigenvalue weighted by molar-refractivity contribution is -0.0771. The van der Waals surface area contributed by atoms with E-state index in [9.17, 15) is 4.39 Å². The summed E-state index contributed by atoms with van der Waals surface area (Å²) in [6, 6.07) is 15.2. The third-order valence-electron chi connectivity index (χ3n) is 5.72. The van der Waals surface area contributed by atoms with Crippen molar-refractivity contribution in [1.82, 2.24) is 5.32 Å². The van der Waals surface area contributed by atoms with Gasteiger partial charge in [-0.2, -0.15) is 0 Å². The Kier molecular flexibility index (Phi) is 7.08. The predicted octanol–water partition coefficient (Wildman–Crippen LogP) is 5.30. The highest BCUT2D eigenvalue weighted by atomic mass is 19.1. The molecule has 152 valence electrons. The summed E-state index contributed by atoms with van der Waals surface area (Å²) in [6.45, 7) is 6.89. The van der Waals surface area contributed by atoms with Crippen molar-refractivity contribution in [3.8, 4) is 5.75 Å². The standard InChI is InChI=1S/C24H32FNO2/c1-24(2)16-20(13-15-28-24)23(19-6-8-21(25)9-7-19)12-14-26-17-18-4-10-22(27-3)11-5-18/h4-11,20,23,26H,12-17H2,1-3H3. The summed E-state index contributed by atoms with van der Waals surface area (Å²) in [5.74, 6) is 1.67. The van der Waals surface area contributed by atoms with Crippen molar-refractivity contribution < 1.29 is 13.9 Å². The number of nitrogens with one attached hydrogen (secondary N) is 1. The third kappa shape index (κ3) is 5.79.